The van der Waals surface area contributed by atoms with Crippen molar-refractivity contribution in [1.29, 1.82) is 0 Å². The van der Waals surface area contributed by atoms with Crippen LogP contribution in [0.1, 0.15) is 44.9 Å². The van der Waals surface area contributed by atoms with Crippen molar-refractivity contribution < 1.29 is 4.79 Å². The van der Waals surface area contributed by atoms with E-state index in [0.29, 0.717) is 12.3 Å². The van der Waals surface area contributed by atoms with Crippen LogP contribution in [-0.2, 0) is 11.2 Å². The van der Waals surface area contributed by atoms with Crippen molar-refractivity contribution in [3.63, 3.8) is 0 Å². The van der Waals surface area contributed by atoms with Gasteiger partial charge in [-0.25, -0.2) is 0 Å². The number of hydrogen-bond donors (Lipinski definition) is 1. The number of hydrogen-bond acceptors (Lipinski definition) is 2. The second-order valence-corrected chi connectivity index (χ2v) is 4.65. The Labute approximate surface area is 97.3 Å². The fourth-order valence-corrected chi connectivity index (χ4v) is 1.44. The highest BCUT2D eigenvalue weighted by molar-refractivity contribution is 5.78. The van der Waals surface area contributed by atoms with Gasteiger partial charge in [0.05, 0.1) is 6.42 Å². The molecule has 3 nitrogen and oxygen atoms in total. The number of pyridine rings is 1. The monoisotopic (exact) mass is 220 g/mol. The molecule has 0 aliphatic rings. The molecule has 0 fully saturated rings. The molecule has 3 heteroatoms. The quantitative estimate of drug-likeness (QED) is 0.845. The third-order valence-electron chi connectivity index (χ3n) is 2.25. The Morgan fingerprint density at radius 1 is 1.31 bits per heavy atom. The molecule has 0 aromatic carbocycles. The van der Waals surface area contributed by atoms with Gasteiger partial charge in [-0.3, -0.25) is 9.78 Å². The Bertz CT molecular complexity index is 341. The van der Waals surface area contributed by atoms with Gasteiger partial charge in [0, 0.05) is 17.9 Å². The van der Waals surface area contributed by atoms with E-state index in [2.05, 4.69) is 24.1 Å². The summed E-state index contributed by atoms with van der Waals surface area (Å²) in [6.07, 6.45) is 2.19. The van der Waals surface area contributed by atoms with Crippen LogP contribution in [0.5, 0.6) is 0 Å². The van der Waals surface area contributed by atoms with E-state index in [4.69, 9.17) is 0 Å². The lowest BCUT2D eigenvalue weighted by Crippen LogP contribution is -2.31. The summed E-state index contributed by atoms with van der Waals surface area (Å²) in [5, 5.41) is 2.86. The summed E-state index contributed by atoms with van der Waals surface area (Å²) in [5.41, 5.74) is 2.02. The maximum Gasteiger partial charge on any atom is 0.224 e. The first kappa shape index (κ1) is 12.7. The van der Waals surface area contributed by atoms with Crippen molar-refractivity contribution in [3.8, 4) is 0 Å². The second-order valence-electron chi connectivity index (χ2n) is 4.65. The van der Waals surface area contributed by atoms with E-state index in [1.165, 1.54) is 0 Å². The molecule has 0 saturated heterocycles. The van der Waals surface area contributed by atoms with Crippen molar-refractivity contribution in [3.05, 3.63) is 29.6 Å². The summed E-state index contributed by atoms with van der Waals surface area (Å²) in [5.74, 6) is 0.479. The molecule has 1 rings (SSSR count). The van der Waals surface area contributed by atoms with Gasteiger partial charge in [0.1, 0.15) is 0 Å². The number of nitrogens with zero attached hydrogens (tertiary/aromatic N) is 1. The van der Waals surface area contributed by atoms with Crippen molar-refractivity contribution in [1.82, 2.24) is 10.3 Å². The number of carbonyl (C=O) groups is 1. The molecule has 0 atom stereocenters. The zero-order valence-corrected chi connectivity index (χ0v) is 10.4. The van der Waals surface area contributed by atoms with Gasteiger partial charge in [0.25, 0.3) is 0 Å². The van der Waals surface area contributed by atoms with E-state index in [1.54, 1.807) is 6.20 Å². The van der Waals surface area contributed by atoms with E-state index in [1.807, 2.05) is 26.0 Å². The summed E-state index contributed by atoms with van der Waals surface area (Å²) in [6, 6.07) is 4.15. The van der Waals surface area contributed by atoms with Crippen LogP contribution in [0.15, 0.2) is 18.3 Å². The first-order valence-electron chi connectivity index (χ1n) is 5.73. The molecule has 0 bridgehead atoms. The van der Waals surface area contributed by atoms with Gasteiger partial charge < -0.3 is 5.32 Å². The van der Waals surface area contributed by atoms with Gasteiger partial charge in [-0.1, -0.05) is 19.9 Å². The lowest BCUT2D eigenvalue weighted by molar-refractivity contribution is -0.120. The van der Waals surface area contributed by atoms with Crippen LogP contribution in [0.4, 0.5) is 0 Å². The number of amides is 1. The minimum Gasteiger partial charge on any atom is -0.354 e. The molecule has 1 aromatic rings. The smallest absolute Gasteiger partial charge is 0.224 e. The first-order chi connectivity index (χ1) is 7.49. The highest BCUT2D eigenvalue weighted by atomic mass is 16.1. The number of rotatable bonds is 4. The van der Waals surface area contributed by atoms with Gasteiger partial charge >= 0.3 is 0 Å². The molecule has 1 N–H and O–H groups in total. The standard InChI is InChI=1S/C13H20N2O/c1-9(2)12-6-5-11(8-14-12)7-13(16)15-10(3)4/h5-6,8-10H,7H2,1-4H3,(H,15,16). The molecule has 0 unspecified atom stereocenters. The van der Waals surface area contributed by atoms with Gasteiger partial charge in [0.15, 0.2) is 0 Å². The van der Waals surface area contributed by atoms with E-state index < -0.39 is 0 Å². The first-order valence-corrected chi connectivity index (χ1v) is 5.73. The van der Waals surface area contributed by atoms with Crippen LogP contribution in [0.3, 0.4) is 0 Å². The van der Waals surface area contributed by atoms with Crippen LogP contribution in [-0.4, -0.2) is 16.9 Å². The summed E-state index contributed by atoms with van der Waals surface area (Å²) in [6.45, 7) is 8.12. The molecule has 0 aliphatic carbocycles. The minimum absolute atomic E-state index is 0.0501. The molecule has 88 valence electrons. The van der Waals surface area contributed by atoms with Crippen LogP contribution >= 0.6 is 0 Å². The van der Waals surface area contributed by atoms with Crippen molar-refractivity contribution >= 4 is 5.91 Å². The summed E-state index contributed by atoms with van der Waals surface area (Å²) < 4.78 is 0. The topological polar surface area (TPSA) is 42.0 Å². The SMILES string of the molecule is CC(C)NC(=O)Cc1ccc(C(C)C)nc1. The average molecular weight is 220 g/mol. The second kappa shape index (κ2) is 5.64. The predicted octanol–water partition coefficient (Wildman–Crippen LogP) is 2.27. The van der Waals surface area contributed by atoms with Crippen molar-refractivity contribution in [2.75, 3.05) is 0 Å². The molecular weight excluding hydrogens is 200 g/mol. The van der Waals surface area contributed by atoms with Gasteiger partial charge in [0.2, 0.25) is 5.91 Å². The maximum absolute atomic E-state index is 11.5. The molecule has 1 aromatic heterocycles. The zero-order valence-electron chi connectivity index (χ0n) is 10.4. The van der Waals surface area contributed by atoms with E-state index in [-0.39, 0.29) is 11.9 Å². The zero-order chi connectivity index (χ0) is 12.1. The highest BCUT2D eigenvalue weighted by Gasteiger charge is 2.06. The minimum atomic E-state index is 0.0501. The van der Waals surface area contributed by atoms with Crippen molar-refractivity contribution in [2.45, 2.75) is 46.1 Å². The maximum atomic E-state index is 11.5. The molecule has 16 heavy (non-hydrogen) atoms. The van der Waals surface area contributed by atoms with E-state index in [9.17, 15) is 4.79 Å². The number of aromatic nitrogens is 1. The highest BCUT2D eigenvalue weighted by Crippen LogP contribution is 2.11. The van der Waals surface area contributed by atoms with Gasteiger partial charge in [-0.2, -0.15) is 0 Å². The van der Waals surface area contributed by atoms with Crippen LogP contribution < -0.4 is 5.32 Å². The normalized spacial score (nSPS) is 10.9. The van der Waals surface area contributed by atoms with Crippen LogP contribution in [0, 0.1) is 0 Å². The van der Waals surface area contributed by atoms with Crippen LogP contribution in [0.25, 0.3) is 0 Å². The number of carbonyl (C=O) groups excluding carboxylic acids is 1. The third-order valence-corrected chi connectivity index (χ3v) is 2.25. The van der Waals surface area contributed by atoms with Crippen LogP contribution in [0.2, 0.25) is 0 Å². The Kier molecular flexibility index (Phi) is 4.47. The van der Waals surface area contributed by atoms with Gasteiger partial charge in [-0.15, -0.1) is 0 Å². The third kappa shape index (κ3) is 4.01. The fourth-order valence-electron chi connectivity index (χ4n) is 1.44. The average Bonchev–Trinajstić information content (AvgIpc) is 2.16. The molecule has 0 aliphatic heterocycles. The Balaban J connectivity index is 2.58. The lowest BCUT2D eigenvalue weighted by atomic mass is 10.1. The molecular formula is C13H20N2O. The Morgan fingerprint density at radius 2 is 2.00 bits per heavy atom. The van der Waals surface area contributed by atoms with Crippen molar-refractivity contribution in [2.24, 2.45) is 0 Å². The molecule has 0 spiro atoms. The summed E-state index contributed by atoms with van der Waals surface area (Å²) in [7, 11) is 0. The molecule has 1 heterocycles. The fraction of sp³-hybridized carbons (Fsp3) is 0.538. The summed E-state index contributed by atoms with van der Waals surface area (Å²) >= 11 is 0. The molecule has 0 saturated carbocycles. The van der Waals surface area contributed by atoms with E-state index >= 15 is 0 Å². The predicted molar refractivity (Wildman–Crippen MR) is 65.3 cm³/mol. The Hall–Kier alpha value is -1.38. The molecule has 1 amide bonds. The lowest BCUT2D eigenvalue weighted by Gasteiger charge is -2.09. The number of nitrogens with one attached hydrogen (secondary N) is 1. The van der Waals surface area contributed by atoms with Gasteiger partial charge in [-0.05, 0) is 31.4 Å². The van der Waals surface area contributed by atoms with E-state index in [0.717, 1.165) is 11.3 Å². The largest absolute Gasteiger partial charge is 0.354 e. The Morgan fingerprint density at radius 3 is 2.44 bits per heavy atom. The summed E-state index contributed by atoms with van der Waals surface area (Å²) in [4.78, 5) is 15.8. The molecule has 0 radical (unpaired) electrons.